The van der Waals surface area contributed by atoms with Crippen LogP contribution in [0, 0.1) is 0 Å². The van der Waals surface area contributed by atoms with Crippen molar-refractivity contribution in [2.75, 3.05) is 13.2 Å². The van der Waals surface area contributed by atoms with Crippen molar-refractivity contribution in [2.24, 2.45) is 0 Å². The summed E-state index contributed by atoms with van der Waals surface area (Å²) in [6, 6.07) is 5.89. The Morgan fingerprint density at radius 1 is 1.11 bits per heavy atom. The quantitative estimate of drug-likeness (QED) is 0.773. The fraction of sp³-hybridized carbons (Fsp3) is 0.455. The maximum atomic E-state index is 11.7. The van der Waals surface area contributed by atoms with Gasteiger partial charge in [-0.1, -0.05) is 12.1 Å². The highest BCUT2D eigenvalue weighted by Crippen LogP contribution is 2.21. The van der Waals surface area contributed by atoms with Crippen LogP contribution in [0.5, 0.6) is 5.75 Å². The lowest BCUT2D eigenvalue weighted by atomic mass is 10.3. The second kappa shape index (κ2) is 8.24. The minimum absolute atomic E-state index is 0.175. The molecule has 0 amide bonds. The van der Waals surface area contributed by atoms with Gasteiger partial charge in [-0.2, -0.15) is 3.69 Å². The molecular formula is C11H12BrF3MgO2. The Balaban J connectivity index is 0.000000269. The fourth-order valence-corrected chi connectivity index (χ4v) is 2.83. The van der Waals surface area contributed by atoms with E-state index < -0.39 is 24.6 Å². The van der Waals surface area contributed by atoms with E-state index in [1.807, 2.05) is 0 Å². The summed E-state index contributed by atoms with van der Waals surface area (Å²) in [6.45, 7) is 2.00. The molecule has 1 aromatic carbocycles. The molecule has 0 radical (unpaired) electrons. The van der Waals surface area contributed by atoms with Crippen LogP contribution in [0.3, 0.4) is 0 Å². The first-order chi connectivity index (χ1) is 8.51. The molecule has 7 heteroatoms. The van der Waals surface area contributed by atoms with Crippen molar-refractivity contribution in [1.29, 1.82) is 0 Å². The zero-order chi connectivity index (χ0) is 13.4. The molecule has 0 aliphatic carbocycles. The highest BCUT2D eigenvalue weighted by molar-refractivity contribution is 9.23. The van der Waals surface area contributed by atoms with Crippen LogP contribution in [-0.2, 0) is 4.74 Å². The molecule has 0 bridgehead atoms. The standard InChI is InChI=1S/C7H4F3O.C4H8O.BrH.Mg/c8-7(9,10)11-6-4-2-1-3-5-6;1-2-4-5-3-1;;/h2-5H;1-4H2;1H;/q;;;+1/p-1. The van der Waals surface area contributed by atoms with E-state index in [2.05, 4.69) is 17.6 Å². The largest absolute Gasteiger partial charge is 0.573 e. The maximum Gasteiger partial charge on any atom is 0.573 e. The van der Waals surface area contributed by atoms with Gasteiger partial charge in [0.1, 0.15) is 5.75 Å². The highest BCUT2D eigenvalue weighted by Gasteiger charge is 2.30. The summed E-state index contributed by atoms with van der Waals surface area (Å²) >= 11 is 2.83. The van der Waals surface area contributed by atoms with Crippen LogP contribution >= 0.6 is 12.9 Å². The van der Waals surface area contributed by atoms with Crippen molar-refractivity contribution >= 4 is 34.8 Å². The van der Waals surface area contributed by atoms with E-state index in [0.29, 0.717) is 0 Å². The number of ether oxygens (including phenoxy) is 2. The Hall–Kier alpha value is 0.0162. The number of alkyl halides is 3. The van der Waals surface area contributed by atoms with E-state index in [1.54, 1.807) is 12.1 Å². The van der Waals surface area contributed by atoms with Crippen LogP contribution in [0.1, 0.15) is 12.8 Å². The molecule has 18 heavy (non-hydrogen) atoms. The second-order valence-electron chi connectivity index (χ2n) is 3.64. The van der Waals surface area contributed by atoms with Gasteiger partial charge in [-0.3, -0.25) is 12.9 Å². The summed E-state index contributed by atoms with van der Waals surface area (Å²) in [5.74, 6) is -0.175. The molecule has 1 fully saturated rings. The van der Waals surface area contributed by atoms with E-state index >= 15 is 0 Å². The SMILES string of the molecule is C1CCOC1.FC(F)(F)Oc1cc[c]([Mg][Br])cc1. The lowest BCUT2D eigenvalue weighted by Crippen LogP contribution is -2.17. The Labute approximate surface area is 119 Å². The van der Waals surface area contributed by atoms with Gasteiger partial charge in [-0.05, 0) is 25.0 Å². The second-order valence-corrected chi connectivity index (χ2v) is 6.41. The molecule has 0 aromatic heterocycles. The van der Waals surface area contributed by atoms with Crippen LogP contribution in [0.15, 0.2) is 24.3 Å². The van der Waals surface area contributed by atoms with Crippen molar-refractivity contribution in [2.45, 2.75) is 19.2 Å². The highest BCUT2D eigenvalue weighted by atomic mass is 79.9. The van der Waals surface area contributed by atoms with Gasteiger partial charge in [0.2, 0.25) is 0 Å². The summed E-state index contributed by atoms with van der Waals surface area (Å²) in [4.78, 5) is 0. The van der Waals surface area contributed by atoms with E-state index in [-0.39, 0.29) is 5.75 Å². The minimum Gasteiger partial charge on any atom is -0.406 e. The van der Waals surface area contributed by atoms with Gasteiger partial charge in [-0.25, -0.2) is 0 Å². The monoisotopic (exact) mass is 336 g/mol. The Morgan fingerprint density at radius 2 is 1.67 bits per heavy atom. The van der Waals surface area contributed by atoms with Crippen LogP contribution in [0.4, 0.5) is 13.2 Å². The normalized spacial score (nSPS) is 14.4. The summed E-state index contributed by atoms with van der Waals surface area (Å²) < 4.78 is 44.8. The van der Waals surface area contributed by atoms with Gasteiger partial charge in [0, 0.05) is 13.2 Å². The van der Waals surface area contributed by atoms with Gasteiger partial charge >= 0.3 is 24.6 Å². The van der Waals surface area contributed by atoms with Gasteiger partial charge in [0.15, 0.2) is 0 Å². The lowest BCUT2D eigenvalue weighted by molar-refractivity contribution is -0.274. The molecule has 1 aliphatic heterocycles. The summed E-state index contributed by atoms with van der Waals surface area (Å²) in [5, 5.41) is 0. The van der Waals surface area contributed by atoms with Crippen LogP contribution in [0.2, 0.25) is 0 Å². The number of rotatable bonds is 2. The maximum absolute atomic E-state index is 11.7. The number of hydrogen-bond acceptors (Lipinski definition) is 2. The predicted molar refractivity (Wildman–Crippen MR) is 67.5 cm³/mol. The molecule has 0 saturated carbocycles. The van der Waals surface area contributed by atoms with Gasteiger partial charge in [-0.15, -0.1) is 13.2 Å². The smallest absolute Gasteiger partial charge is 0.406 e. The van der Waals surface area contributed by atoms with Crippen LogP contribution in [-0.4, -0.2) is 37.8 Å². The molecule has 0 N–H and O–H groups in total. The number of benzene rings is 1. The average molecular weight is 337 g/mol. The van der Waals surface area contributed by atoms with E-state index in [9.17, 15) is 13.2 Å². The molecule has 0 spiro atoms. The molecule has 0 atom stereocenters. The third kappa shape index (κ3) is 7.45. The van der Waals surface area contributed by atoms with Gasteiger partial charge in [0.25, 0.3) is 0 Å². The van der Waals surface area contributed by atoms with Crippen molar-refractivity contribution < 1.29 is 22.6 Å². The summed E-state index contributed by atoms with van der Waals surface area (Å²) in [7, 11) is 0. The molecule has 0 unspecified atom stereocenters. The third-order valence-corrected chi connectivity index (χ3v) is 4.86. The summed E-state index contributed by atoms with van der Waals surface area (Å²) in [5.41, 5.74) is 0. The molecule has 1 saturated heterocycles. The number of hydrogen-bond donors (Lipinski definition) is 0. The predicted octanol–water partition coefficient (Wildman–Crippen LogP) is 3.02. The Bertz CT molecular complexity index is 332. The lowest BCUT2D eigenvalue weighted by Gasteiger charge is -2.08. The molecule has 2 rings (SSSR count). The Morgan fingerprint density at radius 3 is 2.00 bits per heavy atom. The fourth-order valence-electron chi connectivity index (χ4n) is 1.29. The van der Waals surface area contributed by atoms with Gasteiger partial charge < -0.3 is 9.47 Å². The van der Waals surface area contributed by atoms with E-state index in [0.717, 1.165) is 16.9 Å². The molecule has 1 heterocycles. The Kier molecular flexibility index (Phi) is 7.36. The van der Waals surface area contributed by atoms with Crippen molar-refractivity contribution in [1.82, 2.24) is 0 Å². The molecule has 98 valence electrons. The molecule has 1 aromatic rings. The van der Waals surface area contributed by atoms with Crippen molar-refractivity contribution in [3.05, 3.63) is 24.3 Å². The first kappa shape index (κ1) is 16.1. The van der Waals surface area contributed by atoms with E-state index in [1.165, 1.54) is 25.0 Å². The van der Waals surface area contributed by atoms with Crippen LogP contribution < -0.4 is 8.43 Å². The molecule has 2 nitrogen and oxygen atoms in total. The average Bonchev–Trinajstić information content (AvgIpc) is 2.86. The third-order valence-electron chi connectivity index (χ3n) is 2.14. The molecule has 1 aliphatic rings. The van der Waals surface area contributed by atoms with Crippen molar-refractivity contribution in [3.8, 4) is 5.75 Å². The van der Waals surface area contributed by atoms with Gasteiger partial charge in [0.05, 0.1) is 0 Å². The van der Waals surface area contributed by atoms with E-state index in [4.69, 9.17) is 4.74 Å². The first-order valence-electron chi connectivity index (χ1n) is 5.49. The molecular weight excluding hydrogens is 325 g/mol. The zero-order valence-electron chi connectivity index (χ0n) is 9.67. The summed E-state index contributed by atoms with van der Waals surface area (Å²) in [6.07, 6.45) is -2.05. The minimum atomic E-state index is -4.60. The zero-order valence-corrected chi connectivity index (χ0v) is 12.7. The first-order valence-corrected chi connectivity index (χ1v) is 10.1. The topological polar surface area (TPSA) is 18.5 Å². The van der Waals surface area contributed by atoms with Crippen LogP contribution in [0.25, 0.3) is 0 Å². The number of halogens is 4. The van der Waals surface area contributed by atoms with Crippen molar-refractivity contribution in [3.63, 3.8) is 0 Å².